The molecule has 0 heterocycles. The fourth-order valence-corrected chi connectivity index (χ4v) is 3.28. The van der Waals surface area contributed by atoms with Crippen LogP contribution in [0.5, 0.6) is 0 Å². The fraction of sp³-hybridized carbons (Fsp3) is 0.867. The van der Waals surface area contributed by atoms with Crippen LogP contribution in [0.1, 0.15) is 52.4 Å². The topological polar surface area (TPSA) is 21.3 Å². The number of hydrogen-bond donors (Lipinski definition) is 1. The standard InChI is InChI=1S/C15H27NO/c1-5-7-10-14(16-4)15(17-6-2)11-8-9-13(3)12-15/h1,13-14,16H,6-12H2,2-4H3. The van der Waals surface area contributed by atoms with Gasteiger partial charge in [0.15, 0.2) is 0 Å². The van der Waals surface area contributed by atoms with Gasteiger partial charge in [0.25, 0.3) is 0 Å². The van der Waals surface area contributed by atoms with Gasteiger partial charge in [-0.2, -0.15) is 0 Å². The second kappa shape index (κ2) is 7.03. The molecule has 3 unspecified atom stereocenters. The minimum atomic E-state index is 0.0119. The van der Waals surface area contributed by atoms with Gasteiger partial charge in [0, 0.05) is 19.1 Å². The first kappa shape index (κ1) is 14.5. The van der Waals surface area contributed by atoms with Crippen molar-refractivity contribution in [1.29, 1.82) is 0 Å². The summed E-state index contributed by atoms with van der Waals surface area (Å²) < 4.78 is 6.16. The molecule has 0 aliphatic heterocycles. The molecule has 1 aliphatic carbocycles. The Labute approximate surface area is 107 Å². The molecule has 1 N–H and O–H groups in total. The third kappa shape index (κ3) is 3.72. The van der Waals surface area contributed by atoms with E-state index in [-0.39, 0.29) is 5.60 Å². The summed E-state index contributed by atoms with van der Waals surface area (Å²) >= 11 is 0. The van der Waals surface area contributed by atoms with Gasteiger partial charge in [-0.05, 0) is 39.2 Å². The van der Waals surface area contributed by atoms with E-state index in [1.165, 1.54) is 19.3 Å². The zero-order valence-electron chi connectivity index (χ0n) is 11.6. The van der Waals surface area contributed by atoms with Crippen LogP contribution in [0.4, 0.5) is 0 Å². The van der Waals surface area contributed by atoms with E-state index in [0.29, 0.717) is 6.04 Å². The van der Waals surface area contributed by atoms with Crippen molar-refractivity contribution in [3.05, 3.63) is 0 Å². The van der Waals surface area contributed by atoms with Crippen LogP contribution < -0.4 is 5.32 Å². The molecule has 2 nitrogen and oxygen atoms in total. The summed E-state index contributed by atoms with van der Waals surface area (Å²) in [6.07, 6.45) is 12.2. The third-order valence-corrected chi connectivity index (χ3v) is 3.98. The van der Waals surface area contributed by atoms with E-state index < -0.39 is 0 Å². The lowest BCUT2D eigenvalue weighted by Crippen LogP contribution is -2.53. The van der Waals surface area contributed by atoms with Gasteiger partial charge in [0.2, 0.25) is 0 Å². The number of hydrogen-bond acceptors (Lipinski definition) is 2. The quantitative estimate of drug-likeness (QED) is 0.717. The van der Waals surface area contributed by atoms with Crippen molar-refractivity contribution in [3.63, 3.8) is 0 Å². The van der Waals surface area contributed by atoms with E-state index >= 15 is 0 Å². The lowest BCUT2D eigenvalue weighted by molar-refractivity contribution is -0.100. The minimum absolute atomic E-state index is 0.0119. The average Bonchev–Trinajstić information content (AvgIpc) is 2.30. The first-order valence-electron chi connectivity index (χ1n) is 6.93. The molecule has 0 saturated heterocycles. The van der Waals surface area contributed by atoms with E-state index in [2.05, 4.69) is 25.1 Å². The molecule has 1 fully saturated rings. The Morgan fingerprint density at radius 3 is 2.88 bits per heavy atom. The third-order valence-electron chi connectivity index (χ3n) is 3.98. The fourth-order valence-electron chi connectivity index (χ4n) is 3.28. The summed E-state index contributed by atoms with van der Waals surface area (Å²) in [7, 11) is 2.03. The van der Waals surface area contributed by atoms with Gasteiger partial charge in [-0.1, -0.05) is 19.8 Å². The van der Waals surface area contributed by atoms with Crippen LogP contribution >= 0.6 is 0 Å². The van der Waals surface area contributed by atoms with Crippen molar-refractivity contribution in [1.82, 2.24) is 5.32 Å². The Hall–Kier alpha value is -0.520. The van der Waals surface area contributed by atoms with Crippen LogP contribution in [-0.4, -0.2) is 25.3 Å². The molecule has 17 heavy (non-hydrogen) atoms. The van der Waals surface area contributed by atoms with Crippen LogP contribution in [0.15, 0.2) is 0 Å². The maximum Gasteiger partial charge on any atom is 0.0837 e. The lowest BCUT2D eigenvalue weighted by atomic mass is 9.73. The number of nitrogens with one attached hydrogen (secondary N) is 1. The lowest BCUT2D eigenvalue weighted by Gasteiger charge is -2.45. The molecule has 0 spiro atoms. The van der Waals surface area contributed by atoms with E-state index in [1.54, 1.807) is 0 Å². The summed E-state index contributed by atoms with van der Waals surface area (Å²) in [6, 6.07) is 0.390. The van der Waals surface area contributed by atoms with Crippen LogP contribution in [0.25, 0.3) is 0 Å². The van der Waals surface area contributed by atoms with Crippen LogP contribution in [-0.2, 0) is 4.74 Å². The summed E-state index contributed by atoms with van der Waals surface area (Å²) in [4.78, 5) is 0. The molecule has 98 valence electrons. The molecule has 0 aromatic heterocycles. The first-order chi connectivity index (χ1) is 8.18. The number of ether oxygens (including phenoxy) is 1. The molecule has 0 radical (unpaired) electrons. The number of terminal acetylenes is 1. The Bertz CT molecular complexity index is 254. The Balaban J connectivity index is 2.76. The SMILES string of the molecule is C#CCCC(NC)C1(OCC)CCCC(C)C1. The van der Waals surface area contributed by atoms with Gasteiger partial charge >= 0.3 is 0 Å². The van der Waals surface area contributed by atoms with Crippen molar-refractivity contribution >= 4 is 0 Å². The highest BCUT2D eigenvalue weighted by atomic mass is 16.5. The molecule has 0 aromatic rings. The predicted molar refractivity (Wildman–Crippen MR) is 72.9 cm³/mol. The van der Waals surface area contributed by atoms with Crippen LogP contribution in [0, 0.1) is 18.3 Å². The normalized spacial score (nSPS) is 30.8. The van der Waals surface area contributed by atoms with Crippen molar-refractivity contribution < 1.29 is 4.74 Å². The zero-order chi connectivity index (χ0) is 12.7. The largest absolute Gasteiger partial charge is 0.374 e. The van der Waals surface area contributed by atoms with Crippen molar-refractivity contribution in [2.75, 3.05) is 13.7 Å². The maximum absolute atomic E-state index is 6.16. The van der Waals surface area contributed by atoms with Crippen LogP contribution in [0.3, 0.4) is 0 Å². The van der Waals surface area contributed by atoms with Crippen LogP contribution in [0.2, 0.25) is 0 Å². The molecule has 1 aliphatic rings. The van der Waals surface area contributed by atoms with E-state index in [9.17, 15) is 0 Å². The van der Waals surface area contributed by atoms with Gasteiger partial charge in [0.05, 0.1) is 5.60 Å². The van der Waals surface area contributed by atoms with E-state index in [0.717, 1.165) is 31.8 Å². The maximum atomic E-state index is 6.16. The minimum Gasteiger partial charge on any atom is -0.374 e. The Morgan fingerprint density at radius 1 is 1.59 bits per heavy atom. The first-order valence-corrected chi connectivity index (χ1v) is 6.93. The molecule has 2 heteroatoms. The molecular weight excluding hydrogens is 210 g/mol. The Kier molecular flexibility index (Phi) is 6.02. The Morgan fingerprint density at radius 2 is 2.35 bits per heavy atom. The average molecular weight is 237 g/mol. The molecule has 1 rings (SSSR count). The highest BCUT2D eigenvalue weighted by molar-refractivity contribution is 4.98. The number of rotatable bonds is 6. The second-order valence-corrected chi connectivity index (χ2v) is 5.28. The molecule has 0 bridgehead atoms. The zero-order valence-corrected chi connectivity index (χ0v) is 11.6. The van der Waals surface area contributed by atoms with Gasteiger partial charge in [0.1, 0.15) is 0 Å². The van der Waals surface area contributed by atoms with Gasteiger partial charge < -0.3 is 10.1 Å². The molecule has 3 atom stereocenters. The van der Waals surface area contributed by atoms with Gasteiger partial charge in [-0.25, -0.2) is 0 Å². The van der Waals surface area contributed by atoms with Crippen molar-refractivity contribution in [2.24, 2.45) is 5.92 Å². The highest BCUT2D eigenvalue weighted by Crippen LogP contribution is 2.38. The van der Waals surface area contributed by atoms with Crippen molar-refractivity contribution in [3.8, 4) is 12.3 Å². The number of likely N-dealkylation sites (N-methyl/N-ethyl adjacent to an activating group) is 1. The summed E-state index contributed by atoms with van der Waals surface area (Å²) in [5, 5.41) is 3.43. The molecule has 0 aromatic carbocycles. The highest BCUT2D eigenvalue weighted by Gasteiger charge is 2.41. The summed E-state index contributed by atoms with van der Waals surface area (Å²) in [6.45, 7) is 5.22. The molecule has 0 amide bonds. The molecule has 1 saturated carbocycles. The van der Waals surface area contributed by atoms with Gasteiger partial charge in [-0.3, -0.25) is 0 Å². The summed E-state index contributed by atoms with van der Waals surface area (Å²) in [5.74, 6) is 3.51. The smallest absolute Gasteiger partial charge is 0.0837 e. The second-order valence-electron chi connectivity index (χ2n) is 5.28. The van der Waals surface area contributed by atoms with E-state index in [1.807, 2.05) is 7.05 Å². The summed E-state index contributed by atoms with van der Waals surface area (Å²) in [5.41, 5.74) is 0.0119. The van der Waals surface area contributed by atoms with Gasteiger partial charge in [-0.15, -0.1) is 12.3 Å². The predicted octanol–water partition coefficient (Wildman–Crippen LogP) is 2.97. The van der Waals surface area contributed by atoms with E-state index in [4.69, 9.17) is 11.2 Å². The monoisotopic (exact) mass is 237 g/mol. The molecular formula is C15H27NO. The van der Waals surface area contributed by atoms with Crippen molar-refractivity contribution in [2.45, 2.75) is 64.0 Å².